The van der Waals surface area contributed by atoms with E-state index in [1.807, 2.05) is 36.1 Å². The summed E-state index contributed by atoms with van der Waals surface area (Å²) in [6.45, 7) is 3.15. The quantitative estimate of drug-likeness (QED) is 0.686. The van der Waals surface area contributed by atoms with Crippen molar-refractivity contribution < 1.29 is 9.59 Å². The predicted molar refractivity (Wildman–Crippen MR) is 117 cm³/mol. The number of carbonyl (C=O) groups excluding carboxylic acids is 2. The monoisotopic (exact) mass is 392 g/mol. The van der Waals surface area contributed by atoms with E-state index in [9.17, 15) is 9.59 Å². The van der Waals surface area contributed by atoms with Crippen LogP contribution in [0.25, 0.3) is 0 Å². The lowest BCUT2D eigenvalue weighted by molar-refractivity contribution is -0.132. The van der Waals surface area contributed by atoms with Crippen LogP contribution in [0.5, 0.6) is 0 Å². The van der Waals surface area contributed by atoms with Crippen LogP contribution < -0.4 is 5.32 Å². The molecule has 2 aromatic carbocycles. The molecule has 154 valence electrons. The van der Waals surface area contributed by atoms with E-state index in [-0.39, 0.29) is 17.9 Å². The van der Waals surface area contributed by atoms with Gasteiger partial charge in [0.15, 0.2) is 0 Å². The zero-order valence-electron chi connectivity index (χ0n) is 17.4. The van der Waals surface area contributed by atoms with Crippen molar-refractivity contribution in [1.29, 1.82) is 0 Å². The third-order valence-electron chi connectivity index (χ3n) is 5.64. The van der Waals surface area contributed by atoms with E-state index in [1.165, 1.54) is 16.7 Å². The zero-order chi connectivity index (χ0) is 20.5. The molecule has 0 bridgehead atoms. The second-order valence-electron chi connectivity index (χ2n) is 7.83. The van der Waals surface area contributed by atoms with Gasteiger partial charge in [-0.15, -0.1) is 0 Å². The van der Waals surface area contributed by atoms with Gasteiger partial charge in [-0.25, -0.2) is 0 Å². The fourth-order valence-corrected chi connectivity index (χ4v) is 4.05. The van der Waals surface area contributed by atoms with Crippen LogP contribution in [0.4, 0.5) is 0 Å². The first kappa shape index (κ1) is 21.1. The second-order valence-corrected chi connectivity index (χ2v) is 7.83. The Labute approximate surface area is 174 Å². The number of rotatable bonds is 9. The van der Waals surface area contributed by atoms with Crippen molar-refractivity contribution in [3.05, 3.63) is 71.3 Å². The van der Waals surface area contributed by atoms with Crippen LogP contribution in [0.15, 0.2) is 54.6 Å². The van der Waals surface area contributed by atoms with E-state index in [2.05, 4.69) is 35.6 Å². The van der Waals surface area contributed by atoms with Crippen LogP contribution in [-0.4, -0.2) is 29.8 Å². The number of hydrogen-bond donors (Lipinski definition) is 1. The predicted octanol–water partition coefficient (Wildman–Crippen LogP) is 4.44. The Morgan fingerprint density at radius 2 is 1.76 bits per heavy atom. The summed E-state index contributed by atoms with van der Waals surface area (Å²) in [5.74, 6) is 0.167. The van der Waals surface area contributed by atoms with Crippen LogP contribution >= 0.6 is 0 Å². The molecule has 1 atom stereocenters. The minimum atomic E-state index is 0.0284. The van der Waals surface area contributed by atoms with Gasteiger partial charge in [-0.1, -0.05) is 61.5 Å². The van der Waals surface area contributed by atoms with Crippen LogP contribution in [0.1, 0.15) is 61.8 Å². The van der Waals surface area contributed by atoms with E-state index < -0.39 is 0 Å². The largest absolute Gasteiger partial charge is 0.349 e. The Bertz CT molecular complexity index is 803. The molecule has 29 heavy (non-hydrogen) atoms. The number of amides is 2. The lowest BCUT2D eigenvalue weighted by atomic mass is 9.87. The molecule has 1 aliphatic rings. The minimum absolute atomic E-state index is 0.0284. The van der Waals surface area contributed by atoms with Gasteiger partial charge in [-0.05, 0) is 48.8 Å². The molecule has 0 saturated heterocycles. The van der Waals surface area contributed by atoms with Crippen molar-refractivity contribution >= 4 is 11.8 Å². The van der Waals surface area contributed by atoms with Gasteiger partial charge < -0.3 is 10.2 Å². The van der Waals surface area contributed by atoms with E-state index in [4.69, 9.17) is 0 Å². The number of fused-ring (bicyclic) bond motifs is 1. The summed E-state index contributed by atoms with van der Waals surface area (Å²) in [6.07, 6.45) is 5.69. The fraction of sp³-hybridized carbons (Fsp3) is 0.440. The number of nitrogens with zero attached hydrogens (tertiary/aromatic N) is 1. The number of nitrogens with one attached hydrogen (secondary N) is 1. The van der Waals surface area contributed by atoms with Crippen molar-refractivity contribution in [2.45, 2.75) is 57.9 Å². The highest BCUT2D eigenvalue weighted by Crippen LogP contribution is 2.29. The molecule has 0 spiro atoms. The van der Waals surface area contributed by atoms with Crippen molar-refractivity contribution in [2.75, 3.05) is 13.1 Å². The Hall–Kier alpha value is -2.62. The first-order chi connectivity index (χ1) is 14.2. The summed E-state index contributed by atoms with van der Waals surface area (Å²) in [5.41, 5.74) is 3.80. The Balaban J connectivity index is 1.54. The van der Waals surface area contributed by atoms with Crippen LogP contribution in [0, 0.1) is 0 Å². The average Bonchev–Trinajstić information content (AvgIpc) is 2.75. The zero-order valence-corrected chi connectivity index (χ0v) is 17.4. The fourth-order valence-electron chi connectivity index (χ4n) is 4.05. The highest BCUT2D eigenvalue weighted by Gasteiger charge is 2.22. The van der Waals surface area contributed by atoms with Gasteiger partial charge in [-0.3, -0.25) is 9.59 Å². The second kappa shape index (κ2) is 10.8. The number of aryl methyl sites for hydroxylation is 1. The summed E-state index contributed by atoms with van der Waals surface area (Å²) in [5, 5.41) is 3.20. The molecule has 0 saturated carbocycles. The van der Waals surface area contributed by atoms with Gasteiger partial charge in [-0.2, -0.15) is 0 Å². The first-order valence-corrected chi connectivity index (χ1v) is 10.9. The molecule has 1 aliphatic carbocycles. The topological polar surface area (TPSA) is 49.4 Å². The maximum Gasteiger partial charge on any atom is 0.222 e. The van der Waals surface area contributed by atoms with Gasteiger partial charge in [0.25, 0.3) is 0 Å². The van der Waals surface area contributed by atoms with Crippen LogP contribution in [-0.2, 0) is 22.4 Å². The summed E-state index contributed by atoms with van der Waals surface area (Å²) < 4.78 is 0. The normalized spacial score (nSPS) is 15.4. The minimum Gasteiger partial charge on any atom is -0.349 e. The molecule has 0 aromatic heterocycles. The molecular weight excluding hydrogens is 360 g/mol. The summed E-state index contributed by atoms with van der Waals surface area (Å²) in [7, 11) is 0. The first-order valence-electron chi connectivity index (χ1n) is 10.9. The SMILES string of the molecule is CCCC(=O)N(CCC(=O)NC1CCCc2ccccc21)CCc1ccccc1. The highest BCUT2D eigenvalue weighted by atomic mass is 16.2. The van der Waals surface area contributed by atoms with E-state index >= 15 is 0 Å². The summed E-state index contributed by atoms with van der Waals surface area (Å²) in [4.78, 5) is 27.0. The number of hydrogen-bond acceptors (Lipinski definition) is 2. The Kier molecular flexibility index (Phi) is 7.85. The van der Waals surface area contributed by atoms with E-state index in [0.717, 1.165) is 32.1 Å². The average molecular weight is 393 g/mol. The third-order valence-corrected chi connectivity index (χ3v) is 5.64. The van der Waals surface area contributed by atoms with Gasteiger partial charge >= 0.3 is 0 Å². The molecule has 0 fully saturated rings. The molecule has 0 heterocycles. The van der Waals surface area contributed by atoms with Crippen LogP contribution in [0.3, 0.4) is 0 Å². The Morgan fingerprint density at radius 1 is 1.00 bits per heavy atom. The van der Waals surface area contributed by atoms with Crippen molar-refractivity contribution in [1.82, 2.24) is 10.2 Å². The van der Waals surface area contributed by atoms with Crippen LogP contribution in [0.2, 0.25) is 0 Å². The molecule has 0 radical (unpaired) electrons. The van der Waals surface area contributed by atoms with E-state index in [1.54, 1.807) is 0 Å². The summed E-state index contributed by atoms with van der Waals surface area (Å²) in [6, 6.07) is 18.7. The standard InChI is InChI=1S/C25H32N2O2/c1-2-9-25(29)27(18-16-20-10-4-3-5-11-20)19-17-24(28)26-23-15-8-13-21-12-6-7-14-22(21)23/h3-7,10-12,14,23H,2,8-9,13,15-19H2,1H3,(H,26,28). The van der Waals surface area contributed by atoms with Gasteiger partial charge in [0.2, 0.25) is 11.8 Å². The molecule has 0 aliphatic heterocycles. The lowest BCUT2D eigenvalue weighted by Crippen LogP contribution is -2.37. The molecule has 4 heteroatoms. The van der Waals surface area contributed by atoms with Gasteiger partial charge in [0, 0.05) is 25.9 Å². The van der Waals surface area contributed by atoms with Crippen molar-refractivity contribution in [3.63, 3.8) is 0 Å². The maximum atomic E-state index is 12.6. The molecule has 3 rings (SSSR count). The van der Waals surface area contributed by atoms with Crippen molar-refractivity contribution in [2.24, 2.45) is 0 Å². The Morgan fingerprint density at radius 3 is 2.55 bits per heavy atom. The number of carbonyl (C=O) groups is 2. The van der Waals surface area contributed by atoms with Gasteiger partial charge in [0.1, 0.15) is 0 Å². The molecule has 2 aromatic rings. The third kappa shape index (κ3) is 6.18. The number of benzene rings is 2. The van der Waals surface area contributed by atoms with Gasteiger partial charge in [0.05, 0.1) is 6.04 Å². The molecule has 4 nitrogen and oxygen atoms in total. The molecule has 1 unspecified atom stereocenters. The molecule has 2 amide bonds. The van der Waals surface area contributed by atoms with Crippen molar-refractivity contribution in [3.8, 4) is 0 Å². The molecular formula is C25H32N2O2. The highest BCUT2D eigenvalue weighted by molar-refractivity contribution is 5.79. The molecule has 1 N–H and O–H groups in total. The van der Waals surface area contributed by atoms with E-state index in [0.29, 0.717) is 25.9 Å². The summed E-state index contributed by atoms with van der Waals surface area (Å²) >= 11 is 0. The lowest BCUT2D eigenvalue weighted by Gasteiger charge is -2.27. The maximum absolute atomic E-state index is 12.6. The smallest absolute Gasteiger partial charge is 0.222 e.